The largest absolute Gasteiger partial charge is 0.291 e. The number of hydrogen-bond donors (Lipinski definition) is 0. The molecular formula is C21H33N. The second-order valence-electron chi connectivity index (χ2n) is 7.98. The third-order valence-electron chi connectivity index (χ3n) is 6.02. The summed E-state index contributed by atoms with van der Waals surface area (Å²) < 4.78 is 0. The van der Waals surface area contributed by atoms with Gasteiger partial charge in [0.1, 0.15) is 0 Å². The van der Waals surface area contributed by atoms with Crippen molar-refractivity contribution in [3.8, 4) is 0 Å². The van der Waals surface area contributed by atoms with Crippen molar-refractivity contribution in [3.05, 3.63) is 35.4 Å². The van der Waals surface area contributed by atoms with Crippen molar-refractivity contribution in [1.82, 2.24) is 4.90 Å². The molecule has 0 bridgehead atoms. The monoisotopic (exact) mass is 299 g/mol. The standard InChI is InChI=1S/C21H33N/c1-4-21(2,3)22-16-10-6-5-7-13-20(22)19-12-9-8-11-18(19)17-14-15-17/h8-9,11-12,17,20H,4-7,10,13-16H2,1-3H3. The molecule has 0 amide bonds. The van der Waals surface area contributed by atoms with E-state index >= 15 is 0 Å². The van der Waals surface area contributed by atoms with E-state index in [2.05, 4.69) is 49.9 Å². The zero-order valence-electron chi connectivity index (χ0n) is 14.8. The molecule has 0 aromatic heterocycles. The topological polar surface area (TPSA) is 3.24 Å². The van der Waals surface area contributed by atoms with E-state index in [9.17, 15) is 0 Å². The Balaban J connectivity index is 1.95. The van der Waals surface area contributed by atoms with Gasteiger partial charge in [-0.15, -0.1) is 0 Å². The maximum absolute atomic E-state index is 2.84. The van der Waals surface area contributed by atoms with E-state index in [4.69, 9.17) is 0 Å². The Hall–Kier alpha value is -0.820. The number of rotatable bonds is 4. The lowest BCUT2D eigenvalue weighted by Gasteiger charge is -2.45. The van der Waals surface area contributed by atoms with Crippen molar-refractivity contribution in [3.63, 3.8) is 0 Å². The maximum atomic E-state index is 2.84. The molecule has 1 saturated carbocycles. The summed E-state index contributed by atoms with van der Waals surface area (Å²) in [5, 5.41) is 0. The summed E-state index contributed by atoms with van der Waals surface area (Å²) in [6.07, 6.45) is 11.0. The van der Waals surface area contributed by atoms with Crippen LogP contribution in [0.15, 0.2) is 24.3 Å². The van der Waals surface area contributed by atoms with Crippen molar-refractivity contribution >= 4 is 0 Å². The van der Waals surface area contributed by atoms with Crippen LogP contribution in [0.4, 0.5) is 0 Å². The highest BCUT2D eigenvalue weighted by Crippen LogP contribution is 2.46. The lowest BCUT2D eigenvalue weighted by molar-refractivity contribution is 0.0500. The Morgan fingerprint density at radius 3 is 2.32 bits per heavy atom. The molecule has 3 rings (SSSR count). The number of benzene rings is 1. The summed E-state index contributed by atoms with van der Waals surface area (Å²) >= 11 is 0. The molecule has 0 spiro atoms. The van der Waals surface area contributed by atoms with Crippen LogP contribution in [-0.2, 0) is 0 Å². The molecule has 1 heterocycles. The Morgan fingerprint density at radius 2 is 1.64 bits per heavy atom. The highest BCUT2D eigenvalue weighted by atomic mass is 15.2. The first-order valence-corrected chi connectivity index (χ1v) is 9.49. The molecular weight excluding hydrogens is 266 g/mol. The molecule has 1 saturated heterocycles. The number of likely N-dealkylation sites (tertiary alicyclic amines) is 1. The predicted octanol–water partition coefficient (Wildman–Crippen LogP) is 6.06. The Labute approximate surface area is 137 Å². The van der Waals surface area contributed by atoms with Gasteiger partial charge in [0.05, 0.1) is 0 Å². The van der Waals surface area contributed by atoms with Crippen molar-refractivity contribution in [2.24, 2.45) is 0 Å². The van der Waals surface area contributed by atoms with E-state index in [0.717, 1.165) is 5.92 Å². The van der Waals surface area contributed by atoms with Gasteiger partial charge in [0.2, 0.25) is 0 Å². The van der Waals surface area contributed by atoms with Gasteiger partial charge in [0.15, 0.2) is 0 Å². The van der Waals surface area contributed by atoms with Crippen LogP contribution in [0.5, 0.6) is 0 Å². The van der Waals surface area contributed by atoms with Gasteiger partial charge in [-0.25, -0.2) is 0 Å². The van der Waals surface area contributed by atoms with Crippen LogP contribution in [0, 0.1) is 0 Å². The molecule has 122 valence electrons. The SMILES string of the molecule is CCC(C)(C)N1CCCCCCC1c1ccccc1C1CC1. The van der Waals surface area contributed by atoms with Gasteiger partial charge in [-0.2, -0.15) is 0 Å². The zero-order chi connectivity index (χ0) is 15.6. The lowest BCUT2D eigenvalue weighted by Crippen LogP contribution is -2.46. The van der Waals surface area contributed by atoms with E-state index in [1.807, 2.05) is 0 Å². The van der Waals surface area contributed by atoms with E-state index in [-0.39, 0.29) is 0 Å². The van der Waals surface area contributed by atoms with E-state index in [0.29, 0.717) is 11.6 Å². The van der Waals surface area contributed by atoms with Crippen molar-refractivity contribution < 1.29 is 0 Å². The minimum absolute atomic E-state index is 0.304. The summed E-state index contributed by atoms with van der Waals surface area (Å²) in [7, 11) is 0. The van der Waals surface area contributed by atoms with Gasteiger partial charge in [-0.1, -0.05) is 50.5 Å². The van der Waals surface area contributed by atoms with E-state index in [1.165, 1.54) is 57.9 Å². The average molecular weight is 300 g/mol. The zero-order valence-corrected chi connectivity index (χ0v) is 14.8. The molecule has 1 unspecified atom stereocenters. The fraction of sp³-hybridized carbons (Fsp3) is 0.714. The highest BCUT2D eigenvalue weighted by molar-refractivity contribution is 5.36. The molecule has 1 aliphatic carbocycles. The fourth-order valence-electron chi connectivity index (χ4n) is 4.12. The van der Waals surface area contributed by atoms with Crippen LogP contribution in [0.1, 0.15) is 95.2 Å². The molecule has 0 radical (unpaired) electrons. The quantitative estimate of drug-likeness (QED) is 0.653. The summed E-state index contributed by atoms with van der Waals surface area (Å²) in [5.41, 5.74) is 3.61. The van der Waals surface area contributed by atoms with Gasteiger partial charge >= 0.3 is 0 Å². The minimum Gasteiger partial charge on any atom is -0.291 e. The van der Waals surface area contributed by atoms with Crippen molar-refractivity contribution in [2.75, 3.05) is 6.54 Å². The van der Waals surface area contributed by atoms with Crippen LogP contribution in [-0.4, -0.2) is 17.0 Å². The van der Waals surface area contributed by atoms with Crippen LogP contribution in [0.25, 0.3) is 0 Å². The minimum atomic E-state index is 0.304. The van der Waals surface area contributed by atoms with Gasteiger partial charge < -0.3 is 0 Å². The van der Waals surface area contributed by atoms with Crippen LogP contribution < -0.4 is 0 Å². The summed E-state index contributed by atoms with van der Waals surface area (Å²) in [4.78, 5) is 2.84. The molecule has 2 aliphatic rings. The molecule has 1 aromatic carbocycles. The normalized spacial score (nSPS) is 24.8. The van der Waals surface area contributed by atoms with E-state index in [1.54, 1.807) is 11.1 Å². The average Bonchev–Trinajstić information content (AvgIpc) is 3.31. The first-order chi connectivity index (χ1) is 10.6. The third-order valence-corrected chi connectivity index (χ3v) is 6.02. The van der Waals surface area contributed by atoms with Gasteiger partial charge in [-0.3, -0.25) is 4.90 Å². The molecule has 1 heteroatoms. The van der Waals surface area contributed by atoms with Gasteiger partial charge in [0, 0.05) is 11.6 Å². The Kier molecular flexibility index (Phi) is 4.92. The smallest absolute Gasteiger partial charge is 0.0356 e. The Morgan fingerprint density at radius 1 is 0.955 bits per heavy atom. The molecule has 1 aliphatic heterocycles. The molecule has 1 atom stereocenters. The third kappa shape index (κ3) is 3.40. The number of nitrogens with zero attached hydrogens (tertiary/aromatic N) is 1. The second-order valence-corrected chi connectivity index (χ2v) is 7.98. The van der Waals surface area contributed by atoms with Crippen molar-refractivity contribution in [2.45, 2.75) is 89.6 Å². The Bertz CT molecular complexity index is 486. The molecule has 2 fully saturated rings. The van der Waals surface area contributed by atoms with Gasteiger partial charge in [0.25, 0.3) is 0 Å². The van der Waals surface area contributed by atoms with Crippen LogP contribution in [0.3, 0.4) is 0 Å². The molecule has 22 heavy (non-hydrogen) atoms. The first kappa shape index (κ1) is 16.1. The highest BCUT2D eigenvalue weighted by Gasteiger charge is 2.35. The van der Waals surface area contributed by atoms with Gasteiger partial charge in [-0.05, 0) is 69.5 Å². The summed E-state index contributed by atoms with van der Waals surface area (Å²) in [6, 6.07) is 9.97. The maximum Gasteiger partial charge on any atom is 0.0356 e. The second kappa shape index (κ2) is 6.74. The lowest BCUT2D eigenvalue weighted by atomic mass is 9.86. The van der Waals surface area contributed by atoms with Crippen LogP contribution in [0.2, 0.25) is 0 Å². The molecule has 1 nitrogen and oxygen atoms in total. The summed E-state index contributed by atoms with van der Waals surface area (Å²) in [5.74, 6) is 0.855. The fourth-order valence-corrected chi connectivity index (χ4v) is 4.12. The van der Waals surface area contributed by atoms with E-state index < -0.39 is 0 Å². The summed E-state index contributed by atoms with van der Waals surface area (Å²) in [6.45, 7) is 8.51. The van der Waals surface area contributed by atoms with Crippen LogP contribution >= 0.6 is 0 Å². The first-order valence-electron chi connectivity index (χ1n) is 9.49. The molecule has 0 N–H and O–H groups in total. The molecule has 1 aromatic rings. The predicted molar refractivity (Wildman–Crippen MR) is 95.3 cm³/mol. The number of hydrogen-bond acceptors (Lipinski definition) is 1. The van der Waals surface area contributed by atoms with Crippen molar-refractivity contribution in [1.29, 1.82) is 0 Å².